The van der Waals surface area contributed by atoms with Gasteiger partial charge in [0.1, 0.15) is 0 Å². The molecule has 23 heavy (non-hydrogen) atoms. The van der Waals surface area contributed by atoms with Crippen molar-refractivity contribution >= 4 is 51.5 Å². The molecule has 132 valence electrons. The van der Waals surface area contributed by atoms with Gasteiger partial charge in [-0.05, 0) is 56.0 Å². The van der Waals surface area contributed by atoms with Gasteiger partial charge in [0.05, 0.1) is 17.5 Å². The Labute approximate surface area is 148 Å². The van der Waals surface area contributed by atoms with Gasteiger partial charge in [0.2, 0.25) is 15.9 Å². The third kappa shape index (κ3) is 7.43. The van der Waals surface area contributed by atoms with E-state index in [1.54, 1.807) is 43.8 Å². The highest BCUT2D eigenvalue weighted by Crippen LogP contribution is 2.21. The van der Waals surface area contributed by atoms with Gasteiger partial charge < -0.3 is 11.1 Å². The van der Waals surface area contributed by atoms with E-state index in [0.29, 0.717) is 17.8 Å². The van der Waals surface area contributed by atoms with Crippen LogP contribution in [0, 0.1) is 6.92 Å². The molecule has 0 heterocycles. The van der Waals surface area contributed by atoms with E-state index in [9.17, 15) is 13.2 Å². The third-order valence-electron chi connectivity index (χ3n) is 3.11. The number of carbonyl (C=O) groups excluding carboxylic acids is 1. The number of aryl methyl sites for hydroxylation is 1. The zero-order chi connectivity index (χ0) is 16.8. The zero-order valence-electron chi connectivity index (χ0n) is 13.5. The number of benzene rings is 1. The standard InChI is InChI=1S/C14H23N3O3S2.ClH/c1-4-22(19,20)17-13-6-5-11(9-10(13)2)16-14(18)12(15)7-8-21-3;/h5-6,9,12,17H,4,7-8,15H2,1-3H3,(H,16,18);1H/t12-;/m0./s1. The van der Waals surface area contributed by atoms with Crippen LogP contribution in [0.5, 0.6) is 0 Å². The molecule has 0 unspecified atom stereocenters. The molecule has 0 spiro atoms. The van der Waals surface area contributed by atoms with Crippen LogP contribution in [0.2, 0.25) is 0 Å². The zero-order valence-corrected chi connectivity index (χ0v) is 15.9. The van der Waals surface area contributed by atoms with Crippen LogP contribution in [-0.4, -0.2) is 38.1 Å². The molecule has 1 aromatic carbocycles. The third-order valence-corrected chi connectivity index (χ3v) is 5.04. The number of nitrogens with two attached hydrogens (primary N) is 1. The fourth-order valence-corrected chi connectivity index (χ4v) is 2.90. The van der Waals surface area contributed by atoms with Crippen molar-refractivity contribution in [2.24, 2.45) is 5.73 Å². The Morgan fingerprint density at radius 3 is 2.57 bits per heavy atom. The normalized spacial score (nSPS) is 12.2. The molecule has 0 aromatic heterocycles. The molecule has 0 aliphatic heterocycles. The lowest BCUT2D eigenvalue weighted by Crippen LogP contribution is -2.36. The van der Waals surface area contributed by atoms with Crippen molar-refractivity contribution in [3.05, 3.63) is 23.8 Å². The van der Waals surface area contributed by atoms with Gasteiger partial charge in [-0.25, -0.2) is 8.42 Å². The molecule has 0 aliphatic rings. The molecule has 0 saturated heterocycles. The average molecular weight is 382 g/mol. The summed E-state index contributed by atoms with van der Waals surface area (Å²) >= 11 is 1.64. The summed E-state index contributed by atoms with van der Waals surface area (Å²) in [5, 5.41) is 2.75. The van der Waals surface area contributed by atoms with Crippen molar-refractivity contribution in [2.45, 2.75) is 26.3 Å². The summed E-state index contributed by atoms with van der Waals surface area (Å²) in [6.45, 7) is 3.35. The first-order valence-corrected chi connectivity index (χ1v) is 10.00. The number of anilines is 2. The van der Waals surface area contributed by atoms with Crippen molar-refractivity contribution in [3.63, 3.8) is 0 Å². The van der Waals surface area contributed by atoms with Crippen LogP contribution in [0.4, 0.5) is 11.4 Å². The predicted octanol–water partition coefficient (Wildman–Crippen LogP) is 2.20. The van der Waals surface area contributed by atoms with Gasteiger partial charge in [-0.3, -0.25) is 9.52 Å². The molecule has 0 fully saturated rings. The molecular weight excluding hydrogens is 358 g/mol. The maximum absolute atomic E-state index is 11.9. The first kappa shape index (κ1) is 22.0. The number of nitrogens with one attached hydrogen (secondary N) is 2. The number of thioether (sulfide) groups is 1. The first-order valence-electron chi connectivity index (χ1n) is 6.95. The van der Waals surface area contributed by atoms with Crippen molar-refractivity contribution in [1.29, 1.82) is 0 Å². The second-order valence-electron chi connectivity index (χ2n) is 4.91. The minimum absolute atomic E-state index is 0. The van der Waals surface area contributed by atoms with E-state index in [2.05, 4.69) is 10.0 Å². The van der Waals surface area contributed by atoms with Crippen LogP contribution in [0.25, 0.3) is 0 Å². The Kier molecular flexibility index (Phi) is 9.60. The van der Waals surface area contributed by atoms with Crippen LogP contribution < -0.4 is 15.8 Å². The Balaban J connectivity index is 0.00000484. The van der Waals surface area contributed by atoms with Crippen molar-refractivity contribution in [1.82, 2.24) is 0 Å². The minimum atomic E-state index is -3.31. The van der Waals surface area contributed by atoms with Gasteiger partial charge in [-0.15, -0.1) is 12.4 Å². The molecular formula is C14H24ClN3O3S2. The van der Waals surface area contributed by atoms with Gasteiger partial charge in [-0.2, -0.15) is 11.8 Å². The molecule has 9 heteroatoms. The number of rotatable bonds is 8. The number of carbonyl (C=O) groups is 1. The fourth-order valence-electron chi connectivity index (χ4n) is 1.71. The highest BCUT2D eigenvalue weighted by Gasteiger charge is 2.14. The van der Waals surface area contributed by atoms with E-state index < -0.39 is 16.1 Å². The molecule has 1 atom stereocenters. The summed E-state index contributed by atoms with van der Waals surface area (Å²) < 4.78 is 25.6. The van der Waals surface area contributed by atoms with Crippen LogP contribution >= 0.6 is 24.2 Å². The van der Waals surface area contributed by atoms with E-state index >= 15 is 0 Å². The van der Waals surface area contributed by atoms with Crippen LogP contribution in [0.3, 0.4) is 0 Å². The SMILES string of the molecule is CCS(=O)(=O)Nc1ccc(NC(=O)[C@@H](N)CCSC)cc1C.Cl. The maximum atomic E-state index is 11.9. The molecule has 6 nitrogen and oxygen atoms in total. The van der Waals surface area contributed by atoms with E-state index in [4.69, 9.17) is 5.73 Å². The lowest BCUT2D eigenvalue weighted by atomic mass is 10.1. The minimum Gasteiger partial charge on any atom is -0.325 e. The summed E-state index contributed by atoms with van der Waals surface area (Å²) in [7, 11) is -3.31. The van der Waals surface area contributed by atoms with Crippen molar-refractivity contribution < 1.29 is 13.2 Å². The Morgan fingerprint density at radius 1 is 1.39 bits per heavy atom. The maximum Gasteiger partial charge on any atom is 0.241 e. The highest BCUT2D eigenvalue weighted by atomic mass is 35.5. The summed E-state index contributed by atoms with van der Waals surface area (Å²) in [5.41, 5.74) is 7.64. The monoisotopic (exact) mass is 381 g/mol. The average Bonchev–Trinajstić information content (AvgIpc) is 2.47. The molecule has 1 aromatic rings. The van der Waals surface area contributed by atoms with Crippen LogP contribution in [-0.2, 0) is 14.8 Å². The number of hydrogen-bond donors (Lipinski definition) is 3. The summed E-state index contributed by atoms with van der Waals surface area (Å²) in [5.74, 6) is 0.593. The van der Waals surface area contributed by atoms with Gasteiger partial charge in [0, 0.05) is 5.69 Å². The molecule has 1 rings (SSSR count). The largest absolute Gasteiger partial charge is 0.325 e. The number of amides is 1. The first-order chi connectivity index (χ1) is 10.3. The molecule has 0 bridgehead atoms. The quantitative estimate of drug-likeness (QED) is 0.640. The highest BCUT2D eigenvalue weighted by molar-refractivity contribution is 7.98. The lowest BCUT2D eigenvalue weighted by molar-refractivity contribution is -0.117. The Morgan fingerprint density at radius 2 is 2.04 bits per heavy atom. The summed E-state index contributed by atoms with van der Waals surface area (Å²) in [4.78, 5) is 11.9. The van der Waals surface area contributed by atoms with Crippen molar-refractivity contribution in [3.8, 4) is 0 Å². The molecule has 0 saturated carbocycles. The fraction of sp³-hybridized carbons (Fsp3) is 0.500. The number of hydrogen-bond acceptors (Lipinski definition) is 5. The second-order valence-corrected chi connectivity index (χ2v) is 7.91. The molecule has 4 N–H and O–H groups in total. The van der Waals surface area contributed by atoms with E-state index in [1.807, 2.05) is 6.26 Å². The number of sulfonamides is 1. The molecule has 0 aliphatic carbocycles. The van der Waals surface area contributed by atoms with Crippen LogP contribution in [0.1, 0.15) is 18.9 Å². The van der Waals surface area contributed by atoms with Crippen LogP contribution in [0.15, 0.2) is 18.2 Å². The predicted molar refractivity (Wildman–Crippen MR) is 101 cm³/mol. The Bertz CT molecular complexity index is 624. The van der Waals surface area contributed by atoms with Gasteiger partial charge in [0.25, 0.3) is 0 Å². The van der Waals surface area contributed by atoms with Gasteiger partial charge >= 0.3 is 0 Å². The summed E-state index contributed by atoms with van der Waals surface area (Å²) in [6, 6.07) is 4.45. The topological polar surface area (TPSA) is 101 Å². The Hall–Kier alpha value is -0.960. The lowest BCUT2D eigenvalue weighted by Gasteiger charge is -2.14. The van der Waals surface area contributed by atoms with E-state index in [1.165, 1.54) is 0 Å². The van der Waals surface area contributed by atoms with Gasteiger partial charge in [-0.1, -0.05) is 0 Å². The smallest absolute Gasteiger partial charge is 0.241 e. The van der Waals surface area contributed by atoms with E-state index in [-0.39, 0.29) is 24.1 Å². The van der Waals surface area contributed by atoms with E-state index in [0.717, 1.165) is 11.3 Å². The second kappa shape index (κ2) is 10.0. The number of halogens is 1. The van der Waals surface area contributed by atoms with Gasteiger partial charge in [0.15, 0.2) is 0 Å². The summed E-state index contributed by atoms with van der Waals surface area (Å²) in [6.07, 6.45) is 2.57. The molecule has 1 amide bonds. The van der Waals surface area contributed by atoms with Crippen molar-refractivity contribution in [2.75, 3.05) is 27.8 Å². The molecule has 0 radical (unpaired) electrons.